The van der Waals surface area contributed by atoms with Crippen LogP contribution in [-0.2, 0) is 9.59 Å². The van der Waals surface area contributed by atoms with Gasteiger partial charge in [-0.25, -0.2) is 4.79 Å². The maximum absolute atomic E-state index is 11.9. The molecule has 0 atom stereocenters. The molecule has 0 unspecified atom stereocenters. The average Bonchev–Trinajstić information content (AvgIpc) is 2.92. The van der Waals surface area contributed by atoms with Crippen molar-refractivity contribution in [3.8, 4) is 0 Å². The van der Waals surface area contributed by atoms with Crippen molar-refractivity contribution in [1.82, 2.24) is 15.1 Å². The van der Waals surface area contributed by atoms with E-state index in [-0.39, 0.29) is 23.4 Å². The number of amides is 4. The Balaban J connectivity index is 1.89. The molecule has 2 rings (SSSR count). The van der Waals surface area contributed by atoms with Crippen molar-refractivity contribution in [2.24, 2.45) is 0 Å². The Bertz CT molecular complexity index is 398. The van der Waals surface area contributed by atoms with Crippen LogP contribution in [0.1, 0.15) is 46.0 Å². The number of hydrogen-bond donors (Lipinski definition) is 1. The Hall–Kier alpha value is -1.59. The zero-order valence-corrected chi connectivity index (χ0v) is 12.3. The van der Waals surface area contributed by atoms with Crippen LogP contribution in [-0.4, -0.2) is 52.8 Å². The summed E-state index contributed by atoms with van der Waals surface area (Å²) in [6.07, 6.45) is 3.04. The standard InChI is InChI=1S/C14H23N3O3/c1-3-16(4-2)13(20)15-10-9-14-7-5-11(18)17(14)12(19)6-8-14/h3-10H2,1-2H3,(H,15,20). The number of hydrogen-bond acceptors (Lipinski definition) is 3. The van der Waals surface area contributed by atoms with E-state index in [1.807, 2.05) is 13.8 Å². The fourth-order valence-corrected chi connectivity index (χ4v) is 3.31. The van der Waals surface area contributed by atoms with Crippen molar-refractivity contribution in [3.05, 3.63) is 0 Å². The van der Waals surface area contributed by atoms with Crippen molar-refractivity contribution < 1.29 is 14.4 Å². The number of carbonyl (C=O) groups is 3. The first-order valence-corrected chi connectivity index (χ1v) is 7.42. The molecule has 0 bridgehead atoms. The smallest absolute Gasteiger partial charge is 0.317 e. The number of nitrogens with one attached hydrogen (secondary N) is 1. The highest BCUT2D eigenvalue weighted by Crippen LogP contribution is 2.42. The summed E-state index contributed by atoms with van der Waals surface area (Å²) in [7, 11) is 0. The molecule has 4 amide bonds. The maximum Gasteiger partial charge on any atom is 0.317 e. The highest BCUT2D eigenvalue weighted by atomic mass is 16.2. The molecule has 0 radical (unpaired) electrons. The van der Waals surface area contributed by atoms with Crippen molar-refractivity contribution in [1.29, 1.82) is 0 Å². The number of rotatable bonds is 5. The Labute approximate surface area is 119 Å². The maximum atomic E-state index is 11.9. The first-order chi connectivity index (χ1) is 9.54. The summed E-state index contributed by atoms with van der Waals surface area (Å²) in [5.41, 5.74) is -0.329. The van der Waals surface area contributed by atoms with E-state index in [0.717, 1.165) is 12.8 Å². The Morgan fingerprint density at radius 3 is 2.25 bits per heavy atom. The van der Waals surface area contributed by atoms with E-state index in [4.69, 9.17) is 0 Å². The average molecular weight is 281 g/mol. The summed E-state index contributed by atoms with van der Waals surface area (Å²) in [6.45, 7) is 5.74. The van der Waals surface area contributed by atoms with Gasteiger partial charge in [-0.2, -0.15) is 0 Å². The Kier molecular flexibility index (Phi) is 4.30. The molecule has 20 heavy (non-hydrogen) atoms. The largest absolute Gasteiger partial charge is 0.338 e. The van der Waals surface area contributed by atoms with Crippen molar-refractivity contribution in [2.75, 3.05) is 19.6 Å². The molecular weight excluding hydrogens is 258 g/mol. The van der Waals surface area contributed by atoms with Crippen LogP contribution in [0.2, 0.25) is 0 Å². The molecular formula is C14H23N3O3. The molecule has 0 aromatic heterocycles. The monoisotopic (exact) mass is 281 g/mol. The minimum Gasteiger partial charge on any atom is -0.338 e. The highest BCUT2D eigenvalue weighted by molar-refractivity contribution is 5.99. The van der Waals surface area contributed by atoms with Gasteiger partial charge in [0.25, 0.3) is 0 Å². The van der Waals surface area contributed by atoms with E-state index >= 15 is 0 Å². The predicted molar refractivity (Wildman–Crippen MR) is 74.0 cm³/mol. The topological polar surface area (TPSA) is 69.7 Å². The quantitative estimate of drug-likeness (QED) is 0.767. The summed E-state index contributed by atoms with van der Waals surface area (Å²) in [5.74, 6) is -0.106. The van der Waals surface area contributed by atoms with E-state index in [1.165, 1.54) is 4.90 Å². The number of imide groups is 1. The van der Waals surface area contributed by atoms with Crippen LogP contribution >= 0.6 is 0 Å². The number of carbonyl (C=O) groups excluding carboxylic acids is 3. The number of urea groups is 1. The fourth-order valence-electron chi connectivity index (χ4n) is 3.31. The molecule has 112 valence electrons. The molecule has 6 heteroatoms. The zero-order chi connectivity index (χ0) is 14.8. The third-order valence-electron chi connectivity index (χ3n) is 4.50. The van der Waals surface area contributed by atoms with E-state index in [2.05, 4.69) is 5.32 Å². The van der Waals surface area contributed by atoms with Crippen molar-refractivity contribution >= 4 is 17.8 Å². The van der Waals surface area contributed by atoms with Crippen LogP contribution in [0.4, 0.5) is 4.79 Å². The molecule has 0 spiro atoms. The van der Waals surface area contributed by atoms with Gasteiger partial charge in [0, 0.05) is 32.5 Å². The normalized spacial score (nSPS) is 20.2. The third kappa shape index (κ3) is 2.51. The highest BCUT2D eigenvalue weighted by Gasteiger charge is 2.52. The molecule has 0 aromatic rings. The van der Waals surface area contributed by atoms with Gasteiger partial charge in [0.15, 0.2) is 0 Å². The van der Waals surface area contributed by atoms with Gasteiger partial charge >= 0.3 is 6.03 Å². The van der Waals surface area contributed by atoms with E-state index in [0.29, 0.717) is 38.9 Å². The van der Waals surface area contributed by atoms with Gasteiger partial charge in [-0.3, -0.25) is 14.5 Å². The van der Waals surface area contributed by atoms with Crippen molar-refractivity contribution in [2.45, 2.75) is 51.5 Å². The van der Waals surface area contributed by atoms with E-state index in [1.54, 1.807) is 4.90 Å². The Morgan fingerprint density at radius 1 is 1.20 bits per heavy atom. The van der Waals surface area contributed by atoms with Crippen molar-refractivity contribution in [3.63, 3.8) is 0 Å². The first kappa shape index (κ1) is 14.8. The van der Waals surface area contributed by atoms with Gasteiger partial charge in [-0.15, -0.1) is 0 Å². The third-order valence-corrected chi connectivity index (χ3v) is 4.50. The molecule has 0 aliphatic carbocycles. The first-order valence-electron chi connectivity index (χ1n) is 7.42. The number of fused-ring (bicyclic) bond motifs is 1. The molecule has 0 saturated carbocycles. The lowest BCUT2D eigenvalue weighted by molar-refractivity contribution is -0.142. The summed E-state index contributed by atoms with van der Waals surface area (Å²) in [4.78, 5) is 38.6. The van der Waals surface area contributed by atoms with E-state index < -0.39 is 0 Å². The second-order valence-corrected chi connectivity index (χ2v) is 5.50. The molecule has 2 saturated heterocycles. The van der Waals surface area contributed by atoms with Crippen LogP contribution in [0.15, 0.2) is 0 Å². The molecule has 6 nitrogen and oxygen atoms in total. The van der Waals surface area contributed by atoms with Crippen LogP contribution < -0.4 is 5.32 Å². The second kappa shape index (κ2) is 5.81. The summed E-state index contributed by atoms with van der Waals surface area (Å²) in [6, 6.07) is -0.0772. The molecule has 0 aromatic carbocycles. The SMILES string of the molecule is CCN(CC)C(=O)NCCC12CCC(=O)N1C(=O)CC2. The van der Waals surface area contributed by atoms with Crippen LogP contribution in [0.5, 0.6) is 0 Å². The van der Waals surface area contributed by atoms with Crippen LogP contribution in [0.3, 0.4) is 0 Å². The predicted octanol–water partition coefficient (Wildman–Crippen LogP) is 1.11. The van der Waals surface area contributed by atoms with Crippen LogP contribution in [0.25, 0.3) is 0 Å². The zero-order valence-electron chi connectivity index (χ0n) is 12.3. The summed E-state index contributed by atoms with van der Waals surface area (Å²) >= 11 is 0. The molecule has 1 N–H and O–H groups in total. The lowest BCUT2D eigenvalue weighted by Gasteiger charge is -2.31. The molecule has 2 fully saturated rings. The number of nitrogens with zero attached hydrogens (tertiary/aromatic N) is 2. The molecule has 2 heterocycles. The molecule has 2 aliphatic heterocycles. The van der Waals surface area contributed by atoms with Gasteiger partial charge in [-0.1, -0.05) is 0 Å². The minimum atomic E-state index is -0.329. The van der Waals surface area contributed by atoms with Crippen LogP contribution in [0, 0.1) is 0 Å². The minimum absolute atomic E-state index is 0.0532. The van der Waals surface area contributed by atoms with Gasteiger partial charge in [0.2, 0.25) is 11.8 Å². The second-order valence-electron chi connectivity index (χ2n) is 5.50. The van der Waals surface area contributed by atoms with Gasteiger partial charge < -0.3 is 10.2 Å². The Morgan fingerprint density at radius 2 is 1.75 bits per heavy atom. The van der Waals surface area contributed by atoms with Gasteiger partial charge in [0.1, 0.15) is 0 Å². The lowest BCUT2D eigenvalue weighted by Crippen LogP contribution is -2.46. The molecule has 2 aliphatic rings. The summed E-state index contributed by atoms with van der Waals surface area (Å²) < 4.78 is 0. The lowest BCUT2D eigenvalue weighted by atomic mass is 9.90. The fraction of sp³-hybridized carbons (Fsp3) is 0.786. The van der Waals surface area contributed by atoms with Gasteiger partial charge in [-0.05, 0) is 33.1 Å². The summed E-state index contributed by atoms with van der Waals surface area (Å²) in [5, 5.41) is 2.89. The van der Waals surface area contributed by atoms with Gasteiger partial charge in [0.05, 0.1) is 5.54 Å². The van der Waals surface area contributed by atoms with E-state index in [9.17, 15) is 14.4 Å².